The normalized spacial score (nSPS) is 14.6. The second kappa shape index (κ2) is 5.87. The molecule has 0 spiro atoms. The Morgan fingerprint density at radius 1 is 1.47 bits per heavy atom. The minimum atomic E-state index is 0.382. The van der Waals surface area contributed by atoms with E-state index in [-0.39, 0.29) is 0 Å². The van der Waals surface area contributed by atoms with Crippen molar-refractivity contribution in [3.05, 3.63) is 23.8 Å². The van der Waals surface area contributed by atoms with E-state index in [1.54, 1.807) is 0 Å². The van der Waals surface area contributed by atoms with Crippen LogP contribution < -0.4 is 15.5 Å². The van der Waals surface area contributed by atoms with Gasteiger partial charge in [0.2, 0.25) is 0 Å². The minimum absolute atomic E-state index is 0.382. The Morgan fingerprint density at radius 2 is 2.29 bits per heavy atom. The number of carbonyl (C=O) groups excluding carboxylic acids is 1. The molecule has 1 aliphatic rings. The molecule has 1 aliphatic carbocycles. The third kappa shape index (κ3) is 3.60. The van der Waals surface area contributed by atoms with Crippen LogP contribution in [-0.2, 0) is 11.3 Å². The molecule has 88 valence electrons. The van der Waals surface area contributed by atoms with Crippen molar-refractivity contribution in [3.8, 4) is 5.75 Å². The van der Waals surface area contributed by atoms with Crippen molar-refractivity contribution >= 4 is 19.6 Å². The van der Waals surface area contributed by atoms with Crippen LogP contribution in [0.1, 0.15) is 24.8 Å². The molecule has 0 atom stereocenters. The summed E-state index contributed by atoms with van der Waals surface area (Å²) < 4.78 is 5.46. The molecule has 2 rings (SSSR count). The van der Waals surface area contributed by atoms with Gasteiger partial charge in [0.1, 0.15) is 19.9 Å². The summed E-state index contributed by atoms with van der Waals surface area (Å²) in [6.07, 6.45) is 3.75. The van der Waals surface area contributed by atoms with Crippen LogP contribution in [0.2, 0.25) is 0 Å². The lowest BCUT2D eigenvalue weighted by Gasteiger charge is -2.13. The van der Waals surface area contributed by atoms with Gasteiger partial charge in [0, 0.05) is 19.0 Å². The van der Waals surface area contributed by atoms with Crippen LogP contribution in [0.4, 0.5) is 0 Å². The molecule has 17 heavy (non-hydrogen) atoms. The highest BCUT2D eigenvalue weighted by Crippen LogP contribution is 2.19. The van der Waals surface area contributed by atoms with Crippen molar-refractivity contribution in [3.63, 3.8) is 0 Å². The SMILES string of the molecule is [B]c1c(CNC2CC2)cccc1OCCC=O. The third-order valence-electron chi connectivity index (χ3n) is 2.81. The van der Waals surface area contributed by atoms with Gasteiger partial charge >= 0.3 is 0 Å². The van der Waals surface area contributed by atoms with Gasteiger partial charge in [0.25, 0.3) is 0 Å². The average molecular weight is 229 g/mol. The molecule has 0 bridgehead atoms. The van der Waals surface area contributed by atoms with E-state index in [4.69, 9.17) is 12.6 Å². The summed E-state index contributed by atoms with van der Waals surface area (Å²) >= 11 is 0. The molecule has 0 aromatic heterocycles. The quantitative estimate of drug-likeness (QED) is 0.425. The summed E-state index contributed by atoms with van der Waals surface area (Å²) in [5.41, 5.74) is 1.73. The lowest BCUT2D eigenvalue weighted by molar-refractivity contribution is -0.108. The Labute approximate surface area is 103 Å². The van der Waals surface area contributed by atoms with E-state index in [0.29, 0.717) is 30.3 Å². The predicted octanol–water partition coefficient (Wildman–Crippen LogP) is 0.700. The van der Waals surface area contributed by atoms with Crippen molar-refractivity contribution in [1.29, 1.82) is 0 Å². The number of ether oxygens (including phenoxy) is 1. The summed E-state index contributed by atoms with van der Waals surface area (Å²) in [6.45, 7) is 1.16. The number of carbonyl (C=O) groups is 1. The predicted molar refractivity (Wildman–Crippen MR) is 67.9 cm³/mol. The number of benzene rings is 1. The standard InChI is InChI=1S/C13H16BNO2/c14-13-10(9-15-11-5-6-11)3-1-4-12(13)17-8-2-7-16/h1,3-4,7,11,15H,2,5-6,8-9H2. The molecular weight excluding hydrogens is 213 g/mol. The second-order valence-electron chi connectivity index (χ2n) is 4.29. The van der Waals surface area contributed by atoms with Crippen molar-refractivity contribution in [2.75, 3.05) is 6.61 Å². The molecule has 1 saturated carbocycles. The van der Waals surface area contributed by atoms with E-state index in [0.717, 1.165) is 18.4 Å². The Bertz CT molecular complexity index is 391. The van der Waals surface area contributed by atoms with E-state index in [9.17, 15) is 4.79 Å². The van der Waals surface area contributed by atoms with Gasteiger partial charge < -0.3 is 14.8 Å². The molecule has 0 unspecified atom stereocenters. The minimum Gasteiger partial charge on any atom is -0.494 e. The molecule has 4 heteroatoms. The van der Waals surface area contributed by atoms with Crippen LogP contribution in [0.15, 0.2) is 18.2 Å². The van der Waals surface area contributed by atoms with E-state index >= 15 is 0 Å². The van der Waals surface area contributed by atoms with Crippen molar-refractivity contribution in [2.24, 2.45) is 0 Å². The van der Waals surface area contributed by atoms with Gasteiger partial charge in [-0.3, -0.25) is 0 Å². The Kier molecular flexibility index (Phi) is 4.21. The summed E-state index contributed by atoms with van der Waals surface area (Å²) in [7, 11) is 6.02. The fourth-order valence-electron chi connectivity index (χ4n) is 1.63. The number of rotatable bonds is 7. The Balaban J connectivity index is 1.95. The first-order valence-corrected chi connectivity index (χ1v) is 5.98. The second-order valence-corrected chi connectivity index (χ2v) is 4.29. The Morgan fingerprint density at radius 3 is 3.00 bits per heavy atom. The van der Waals surface area contributed by atoms with Gasteiger partial charge in [-0.15, -0.1) is 0 Å². The zero-order chi connectivity index (χ0) is 12.1. The van der Waals surface area contributed by atoms with Gasteiger partial charge in [-0.25, -0.2) is 0 Å². The first kappa shape index (κ1) is 12.2. The summed E-state index contributed by atoms with van der Waals surface area (Å²) in [5, 5.41) is 3.42. The first-order chi connectivity index (χ1) is 8.31. The van der Waals surface area contributed by atoms with Gasteiger partial charge in [-0.1, -0.05) is 17.6 Å². The third-order valence-corrected chi connectivity index (χ3v) is 2.81. The lowest BCUT2D eigenvalue weighted by Crippen LogP contribution is -2.23. The van der Waals surface area contributed by atoms with Crippen LogP contribution in [0.3, 0.4) is 0 Å². The number of hydrogen-bond acceptors (Lipinski definition) is 3. The number of hydrogen-bond donors (Lipinski definition) is 1. The van der Waals surface area contributed by atoms with Crippen LogP contribution in [0, 0.1) is 0 Å². The number of aldehydes is 1. The summed E-state index contributed by atoms with van der Waals surface area (Å²) in [6, 6.07) is 6.42. The molecule has 0 aliphatic heterocycles. The fourth-order valence-corrected chi connectivity index (χ4v) is 1.63. The molecule has 3 nitrogen and oxygen atoms in total. The maximum absolute atomic E-state index is 10.2. The molecule has 2 radical (unpaired) electrons. The topological polar surface area (TPSA) is 38.3 Å². The highest BCUT2D eigenvalue weighted by Gasteiger charge is 2.20. The van der Waals surface area contributed by atoms with E-state index in [1.165, 1.54) is 12.8 Å². The van der Waals surface area contributed by atoms with Crippen LogP contribution in [-0.4, -0.2) is 26.8 Å². The molecule has 1 fully saturated rings. The smallest absolute Gasteiger partial charge is 0.123 e. The largest absolute Gasteiger partial charge is 0.494 e. The zero-order valence-corrected chi connectivity index (χ0v) is 9.82. The van der Waals surface area contributed by atoms with Gasteiger partial charge in [0.15, 0.2) is 0 Å². The maximum Gasteiger partial charge on any atom is 0.123 e. The summed E-state index contributed by atoms with van der Waals surface area (Å²) in [5.74, 6) is 0.668. The summed E-state index contributed by atoms with van der Waals surface area (Å²) in [4.78, 5) is 10.2. The van der Waals surface area contributed by atoms with Crippen LogP contribution in [0.5, 0.6) is 5.75 Å². The van der Waals surface area contributed by atoms with Gasteiger partial charge in [0.05, 0.1) is 6.61 Å². The lowest BCUT2D eigenvalue weighted by atomic mass is 9.89. The van der Waals surface area contributed by atoms with Gasteiger partial charge in [-0.2, -0.15) is 0 Å². The maximum atomic E-state index is 10.2. The molecule has 0 saturated heterocycles. The molecule has 0 amide bonds. The fraction of sp³-hybridized carbons (Fsp3) is 0.462. The van der Waals surface area contributed by atoms with E-state index in [2.05, 4.69) is 5.32 Å². The molecule has 1 aromatic rings. The number of nitrogens with one attached hydrogen (secondary N) is 1. The van der Waals surface area contributed by atoms with E-state index in [1.807, 2.05) is 18.2 Å². The molecular formula is C13H16BNO2. The van der Waals surface area contributed by atoms with Crippen LogP contribution >= 0.6 is 0 Å². The van der Waals surface area contributed by atoms with E-state index < -0.39 is 0 Å². The highest BCUT2D eigenvalue weighted by atomic mass is 16.5. The zero-order valence-electron chi connectivity index (χ0n) is 9.82. The van der Waals surface area contributed by atoms with Crippen LogP contribution in [0.25, 0.3) is 0 Å². The molecule has 1 aromatic carbocycles. The van der Waals surface area contributed by atoms with Crippen molar-refractivity contribution in [1.82, 2.24) is 5.32 Å². The molecule has 0 heterocycles. The highest BCUT2D eigenvalue weighted by molar-refractivity contribution is 6.35. The first-order valence-electron chi connectivity index (χ1n) is 5.98. The Hall–Kier alpha value is -1.29. The van der Waals surface area contributed by atoms with Crippen molar-refractivity contribution < 1.29 is 9.53 Å². The average Bonchev–Trinajstić information content (AvgIpc) is 3.14. The molecule has 1 N–H and O–H groups in total. The van der Waals surface area contributed by atoms with Gasteiger partial charge in [-0.05, 0) is 24.5 Å². The monoisotopic (exact) mass is 229 g/mol. The van der Waals surface area contributed by atoms with Crippen molar-refractivity contribution in [2.45, 2.75) is 31.8 Å².